The van der Waals surface area contributed by atoms with Crippen molar-refractivity contribution in [1.29, 1.82) is 0 Å². The van der Waals surface area contributed by atoms with Gasteiger partial charge in [0.05, 0.1) is 34.7 Å². The normalized spacial score (nSPS) is 23.3. The Kier molecular flexibility index (Phi) is 8.51. The van der Waals surface area contributed by atoms with Gasteiger partial charge in [-0.15, -0.1) is 0 Å². The minimum absolute atomic E-state index is 0.0585. The number of alkyl halides is 2. The van der Waals surface area contributed by atoms with E-state index < -0.39 is 27.7 Å². The molecule has 13 heteroatoms. The number of hydrogen-bond acceptors (Lipinski definition) is 7. The average molecular weight is 574 g/mol. The van der Waals surface area contributed by atoms with E-state index in [0.717, 1.165) is 12.8 Å². The van der Waals surface area contributed by atoms with Crippen LogP contribution in [0.3, 0.4) is 0 Å². The minimum Gasteiger partial charge on any atom is -0.496 e. The van der Waals surface area contributed by atoms with E-state index in [-0.39, 0.29) is 34.1 Å². The first-order chi connectivity index (χ1) is 17.9. The third-order valence-corrected chi connectivity index (χ3v) is 9.58. The summed E-state index contributed by atoms with van der Waals surface area (Å²) in [5, 5.41) is 9.93. The van der Waals surface area contributed by atoms with Crippen molar-refractivity contribution in [2.24, 2.45) is 5.92 Å². The smallest absolute Gasteiger partial charge is 0.273 e. The van der Waals surface area contributed by atoms with Crippen LogP contribution in [0.4, 0.5) is 14.6 Å². The molecule has 0 bridgehead atoms. The van der Waals surface area contributed by atoms with Gasteiger partial charge in [-0.3, -0.25) is 9.48 Å². The monoisotopic (exact) mass is 573 g/mol. The maximum atomic E-state index is 14.1. The summed E-state index contributed by atoms with van der Waals surface area (Å²) in [4.78, 5) is 17.3. The van der Waals surface area contributed by atoms with Crippen LogP contribution in [0.25, 0.3) is 11.3 Å². The Morgan fingerprint density at radius 3 is 2.55 bits per heavy atom. The number of nitrogens with one attached hydrogen (secondary N) is 2. The number of pyridine rings is 1. The van der Waals surface area contributed by atoms with Crippen LogP contribution >= 0.6 is 11.6 Å². The number of carbonyl (C=O) groups is 1. The number of sulfone groups is 1. The summed E-state index contributed by atoms with van der Waals surface area (Å²) in [6.07, 6.45) is 6.00. The van der Waals surface area contributed by atoms with Crippen molar-refractivity contribution in [3.8, 4) is 17.0 Å². The van der Waals surface area contributed by atoms with Crippen LogP contribution in [0.15, 0.2) is 12.3 Å². The lowest BCUT2D eigenvalue weighted by molar-refractivity contribution is -0.000700. The number of rotatable bonds is 9. The summed E-state index contributed by atoms with van der Waals surface area (Å²) >= 11 is 6.66. The van der Waals surface area contributed by atoms with Gasteiger partial charge >= 0.3 is 0 Å². The molecule has 1 amide bonds. The number of hydrogen-bond donors (Lipinski definition) is 2. The van der Waals surface area contributed by atoms with Crippen molar-refractivity contribution in [2.75, 3.05) is 25.2 Å². The standard InChI is InChI=1S/C25H34ClF2N5O4S/c1-4-33-23(17-14-29-20(12-18(17)37-2)31-19-6-5-11-25(19,27)28)21(26)22(32-33)24(34)30-13-15-7-9-16(10-8-15)38(3,35)36/h12,14-16,19H,4-11,13H2,1-3H3,(H,29,31)(H,30,34)/t15-,16-,19?. The summed E-state index contributed by atoms with van der Waals surface area (Å²) in [6.45, 7) is 2.67. The number of aryl methyl sites for hydroxylation is 1. The zero-order chi connectivity index (χ0) is 27.7. The zero-order valence-corrected chi connectivity index (χ0v) is 23.3. The molecule has 0 spiro atoms. The fraction of sp³-hybridized carbons (Fsp3) is 0.640. The number of amides is 1. The van der Waals surface area contributed by atoms with Crippen LogP contribution in [0, 0.1) is 5.92 Å². The molecule has 2 aliphatic rings. The van der Waals surface area contributed by atoms with Crippen LogP contribution in [0.5, 0.6) is 5.75 Å². The second-order valence-corrected chi connectivity index (χ2v) is 12.8. The molecular formula is C25H34ClF2N5O4S. The van der Waals surface area contributed by atoms with Crippen molar-refractivity contribution >= 4 is 33.2 Å². The van der Waals surface area contributed by atoms with Gasteiger partial charge in [-0.05, 0) is 51.4 Å². The van der Waals surface area contributed by atoms with Crippen molar-refractivity contribution in [1.82, 2.24) is 20.1 Å². The number of methoxy groups -OCH3 is 1. The van der Waals surface area contributed by atoms with Crippen molar-refractivity contribution in [3.63, 3.8) is 0 Å². The Morgan fingerprint density at radius 2 is 1.97 bits per heavy atom. The highest BCUT2D eigenvalue weighted by Crippen LogP contribution is 2.40. The molecule has 38 heavy (non-hydrogen) atoms. The number of nitrogens with zero attached hydrogens (tertiary/aromatic N) is 3. The quantitative estimate of drug-likeness (QED) is 0.452. The summed E-state index contributed by atoms with van der Waals surface area (Å²) in [7, 11) is -1.59. The molecule has 0 saturated heterocycles. The van der Waals surface area contributed by atoms with Crippen LogP contribution < -0.4 is 15.4 Å². The van der Waals surface area contributed by atoms with Crippen LogP contribution in [-0.2, 0) is 16.4 Å². The molecule has 2 aliphatic carbocycles. The number of carbonyl (C=O) groups excluding carboxylic acids is 1. The average Bonchev–Trinajstić information content (AvgIpc) is 3.39. The first kappa shape index (κ1) is 28.5. The van der Waals surface area contributed by atoms with E-state index in [1.165, 1.54) is 19.6 Å². The van der Waals surface area contributed by atoms with Gasteiger partial charge in [0.1, 0.15) is 21.4 Å². The van der Waals surface area contributed by atoms with E-state index in [1.807, 2.05) is 6.92 Å². The van der Waals surface area contributed by atoms with Crippen LogP contribution in [0.2, 0.25) is 5.02 Å². The number of anilines is 1. The summed E-state index contributed by atoms with van der Waals surface area (Å²) < 4.78 is 58.8. The third kappa shape index (κ3) is 6.06. The molecule has 2 fully saturated rings. The van der Waals surface area contributed by atoms with Gasteiger partial charge in [-0.25, -0.2) is 22.2 Å². The molecule has 2 heterocycles. The molecule has 210 valence electrons. The molecule has 0 aliphatic heterocycles. The van der Waals surface area contributed by atoms with E-state index >= 15 is 0 Å². The van der Waals surface area contributed by atoms with Crippen molar-refractivity contribution in [3.05, 3.63) is 23.0 Å². The number of halogens is 3. The zero-order valence-electron chi connectivity index (χ0n) is 21.8. The maximum Gasteiger partial charge on any atom is 0.273 e. The van der Waals surface area contributed by atoms with E-state index in [4.69, 9.17) is 16.3 Å². The molecule has 1 atom stereocenters. The molecule has 4 rings (SSSR count). The lowest BCUT2D eigenvalue weighted by Gasteiger charge is -2.27. The SMILES string of the molecule is CCn1nc(C(=O)NC[C@H]2CC[C@H](S(C)(=O)=O)CC2)c(Cl)c1-c1cnc(NC2CCCC2(F)F)cc1OC. The fourth-order valence-corrected chi connectivity index (χ4v) is 6.75. The van der Waals surface area contributed by atoms with Crippen LogP contribution in [-0.4, -0.2) is 66.2 Å². The molecule has 2 N–H and O–H groups in total. The summed E-state index contributed by atoms with van der Waals surface area (Å²) in [5.74, 6) is -2.43. The Morgan fingerprint density at radius 1 is 1.26 bits per heavy atom. The molecule has 0 radical (unpaired) electrons. The van der Waals surface area contributed by atoms with Crippen molar-refractivity contribution < 1.29 is 26.7 Å². The Bertz CT molecular complexity index is 1280. The topological polar surface area (TPSA) is 115 Å². The number of aromatic nitrogens is 3. The lowest BCUT2D eigenvalue weighted by Crippen LogP contribution is -2.34. The highest BCUT2D eigenvalue weighted by molar-refractivity contribution is 7.91. The molecule has 1 unspecified atom stereocenters. The van der Waals surface area contributed by atoms with E-state index in [2.05, 4.69) is 20.7 Å². The second kappa shape index (κ2) is 11.3. The minimum atomic E-state index is -3.05. The molecule has 0 aromatic carbocycles. The Balaban J connectivity index is 1.49. The first-order valence-electron chi connectivity index (χ1n) is 12.9. The highest BCUT2D eigenvalue weighted by atomic mass is 35.5. The molecule has 2 aromatic heterocycles. The van der Waals surface area contributed by atoms with Crippen molar-refractivity contribution in [2.45, 2.75) is 75.6 Å². The van der Waals surface area contributed by atoms with Gasteiger partial charge in [-0.2, -0.15) is 5.10 Å². The predicted octanol–water partition coefficient (Wildman–Crippen LogP) is 4.56. The molecule has 2 saturated carbocycles. The maximum absolute atomic E-state index is 14.1. The van der Waals surface area contributed by atoms with E-state index in [9.17, 15) is 22.0 Å². The van der Waals surface area contributed by atoms with E-state index in [1.54, 1.807) is 10.7 Å². The Hall–Kier alpha value is -2.47. The van der Waals surface area contributed by atoms with Crippen LogP contribution in [0.1, 0.15) is 62.4 Å². The molecule has 9 nitrogen and oxygen atoms in total. The van der Waals surface area contributed by atoms with Gasteiger partial charge in [0.25, 0.3) is 11.8 Å². The summed E-state index contributed by atoms with van der Waals surface area (Å²) in [5.41, 5.74) is 0.979. The van der Waals surface area contributed by atoms with Gasteiger partial charge in [-0.1, -0.05) is 11.6 Å². The van der Waals surface area contributed by atoms with Gasteiger partial charge in [0.15, 0.2) is 5.69 Å². The highest BCUT2D eigenvalue weighted by Gasteiger charge is 2.44. The number of ether oxygens (including phenoxy) is 1. The van der Waals surface area contributed by atoms with Gasteiger partial charge in [0, 0.05) is 38.0 Å². The lowest BCUT2D eigenvalue weighted by atomic mass is 9.89. The molecular weight excluding hydrogens is 540 g/mol. The third-order valence-electron chi connectivity index (χ3n) is 7.54. The van der Waals surface area contributed by atoms with Gasteiger partial charge in [0.2, 0.25) is 0 Å². The summed E-state index contributed by atoms with van der Waals surface area (Å²) in [6, 6.07) is 0.548. The predicted molar refractivity (Wildman–Crippen MR) is 142 cm³/mol. The van der Waals surface area contributed by atoms with Gasteiger partial charge < -0.3 is 15.4 Å². The largest absolute Gasteiger partial charge is 0.496 e. The second-order valence-electron chi connectivity index (χ2n) is 10.1. The fourth-order valence-electron chi connectivity index (χ4n) is 5.30. The Labute approximate surface area is 226 Å². The van der Waals surface area contributed by atoms with E-state index in [0.29, 0.717) is 55.8 Å². The molecule has 2 aromatic rings. The first-order valence-corrected chi connectivity index (χ1v) is 15.2.